The molecule has 1 fully saturated rings. The van der Waals surface area contributed by atoms with Gasteiger partial charge in [-0.2, -0.15) is 0 Å². The van der Waals surface area contributed by atoms with Gasteiger partial charge in [-0.05, 0) is 24.3 Å². The van der Waals surface area contributed by atoms with E-state index in [1.165, 1.54) is 6.92 Å². The van der Waals surface area contributed by atoms with Gasteiger partial charge in [-0.15, -0.1) is 0 Å². The van der Waals surface area contributed by atoms with Crippen molar-refractivity contribution in [3.05, 3.63) is 29.3 Å². The molecule has 7 heteroatoms. The van der Waals surface area contributed by atoms with Crippen molar-refractivity contribution in [2.45, 2.75) is 13.3 Å². The van der Waals surface area contributed by atoms with Gasteiger partial charge in [-0.1, -0.05) is 11.6 Å². The van der Waals surface area contributed by atoms with Crippen LogP contribution < -0.4 is 5.32 Å². The van der Waals surface area contributed by atoms with Crippen LogP contribution in [0.5, 0.6) is 0 Å². The molecule has 2 amide bonds. The van der Waals surface area contributed by atoms with Crippen molar-refractivity contribution in [1.82, 2.24) is 9.80 Å². The molecule has 0 radical (unpaired) electrons. The second-order valence-electron chi connectivity index (χ2n) is 5.77. The molecule has 1 aromatic carbocycles. The average Bonchev–Trinajstić information content (AvgIpc) is 2.57. The van der Waals surface area contributed by atoms with E-state index in [1.54, 1.807) is 29.2 Å². The van der Waals surface area contributed by atoms with Crippen LogP contribution in [0.3, 0.4) is 0 Å². The number of nitrogens with one attached hydrogen (secondary N) is 1. The summed E-state index contributed by atoms with van der Waals surface area (Å²) in [5.41, 5.74) is 0.701. The molecule has 1 aliphatic heterocycles. The predicted octanol–water partition coefficient (Wildman–Crippen LogP) is 1.85. The zero-order valence-corrected chi connectivity index (χ0v) is 14.7. The fourth-order valence-electron chi connectivity index (χ4n) is 2.51. The van der Waals surface area contributed by atoms with Gasteiger partial charge >= 0.3 is 0 Å². The molecule has 0 aliphatic carbocycles. The average molecular weight is 354 g/mol. The van der Waals surface area contributed by atoms with Crippen molar-refractivity contribution in [3.63, 3.8) is 0 Å². The molecule has 0 saturated carbocycles. The van der Waals surface area contributed by atoms with Crippen LogP contribution in [0.15, 0.2) is 24.3 Å². The van der Waals surface area contributed by atoms with Crippen molar-refractivity contribution in [1.29, 1.82) is 0 Å². The van der Waals surface area contributed by atoms with E-state index in [0.29, 0.717) is 23.8 Å². The Morgan fingerprint density at radius 2 is 1.88 bits per heavy atom. The topological polar surface area (TPSA) is 61.9 Å². The first kappa shape index (κ1) is 18.7. The first-order chi connectivity index (χ1) is 11.5. The molecule has 1 aliphatic rings. The fraction of sp³-hybridized carbons (Fsp3) is 0.529. The zero-order valence-electron chi connectivity index (χ0n) is 14.0. The highest BCUT2D eigenvalue weighted by molar-refractivity contribution is 6.30. The Hall–Kier alpha value is -1.63. The van der Waals surface area contributed by atoms with Crippen LogP contribution in [-0.4, -0.2) is 67.6 Å². The molecule has 0 spiro atoms. The van der Waals surface area contributed by atoms with Crippen molar-refractivity contribution >= 4 is 29.1 Å². The Bertz CT molecular complexity index is 545. The molecule has 1 aromatic rings. The highest BCUT2D eigenvalue weighted by atomic mass is 35.5. The third-order valence-electron chi connectivity index (χ3n) is 3.97. The van der Waals surface area contributed by atoms with Gasteiger partial charge in [0.05, 0.1) is 13.2 Å². The molecule has 0 unspecified atom stereocenters. The minimum Gasteiger partial charge on any atom is -0.379 e. The Labute approximate surface area is 147 Å². The Morgan fingerprint density at radius 1 is 1.21 bits per heavy atom. The Balaban J connectivity index is 1.74. The molecule has 0 bridgehead atoms. The quantitative estimate of drug-likeness (QED) is 0.812. The van der Waals surface area contributed by atoms with Crippen molar-refractivity contribution < 1.29 is 14.3 Å². The van der Waals surface area contributed by atoms with E-state index >= 15 is 0 Å². The molecule has 1 saturated heterocycles. The third-order valence-corrected chi connectivity index (χ3v) is 4.22. The second-order valence-corrected chi connectivity index (χ2v) is 6.20. The third kappa shape index (κ3) is 6.47. The van der Waals surface area contributed by atoms with E-state index in [1.807, 2.05) is 0 Å². The number of rotatable bonds is 7. The van der Waals surface area contributed by atoms with Crippen molar-refractivity contribution in [2.75, 3.05) is 51.3 Å². The number of amides is 2. The summed E-state index contributed by atoms with van der Waals surface area (Å²) in [5, 5.41) is 3.43. The van der Waals surface area contributed by atoms with E-state index in [-0.39, 0.29) is 18.2 Å². The number of nitrogens with zero attached hydrogens (tertiary/aromatic N) is 2. The van der Waals surface area contributed by atoms with E-state index < -0.39 is 0 Å². The summed E-state index contributed by atoms with van der Waals surface area (Å²) >= 11 is 5.82. The number of carbonyl (C=O) groups excluding carboxylic acids is 2. The lowest BCUT2D eigenvalue weighted by atomic mass is 10.3. The highest BCUT2D eigenvalue weighted by Gasteiger charge is 2.15. The standard InChI is InChI=1S/C17H24ClN3O3/c1-14(22)21(9-8-20-10-12-24-13-11-20)7-6-17(23)19-16-4-2-15(18)3-5-16/h2-5H,6-13H2,1H3,(H,19,23). The van der Waals surface area contributed by atoms with E-state index in [0.717, 1.165) is 32.8 Å². The summed E-state index contributed by atoms with van der Waals surface area (Å²) in [5.74, 6) is -0.127. The van der Waals surface area contributed by atoms with Gasteiger partial charge in [0.15, 0.2) is 0 Å². The maximum Gasteiger partial charge on any atom is 0.226 e. The summed E-state index contributed by atoms with van der Waals surface area (Å²) in [6.07, 6.45) is 0.269. The van der Waals surface area contributed by atoms with Gasteiger partial charge in [0.1, 0.15) is 0 Å². The van der Waals surface area contributed by atoms with Gasteiger partial charge < -0.3 is 15.0 Å². The van der Waals surface area contributed by atoms with Crippen molar-refractivity contribution in [2.24, 2.45) is 0 Å². The van der Waals surface area contributed by atoms with Gasteiger partial charge in [0.2, 0.25) is 11.8 Å². The molecule has 1 heterocycles. The molecule has 2 rings (SSSR count). The molecular formula is C17H24ClN3O3. The number of carbonyl (C=O) groups is 2. The van der Waals surface area contributed by atoms with Gasteiger partial charge in [0, 0.05) is 56.8 Å². The number of morpholine rings is 1. The fourth-order valence-corrected chi connectivity index (χ4v) is 2.63. The van der Waals surface area contributed by atoms with E-state index in [9.17, 15) is 9.59 Å². The minimum atomic E-state index is -0.116. The number of ether oxygens (including phenoxy) is 1. The number of anilines is 1. The van der Waals surface area contributed by atoms with Crippen LogP contribution >= 0.6 is 11.6 Å². The lowest BCUT2D eigenvalue weighted by Crippen LogP contribution is -2.43. The highest BCUT2D eigenvalue weighted by Crippen LogP contribution is 2.13. The first-order valence-electron chi connectivity index (χ1n) is 8.15. The molecule has 1 N–H and O–H groups in total. The van der Waals surface area contributed by atoms with Crippen LogP contribution in [-0.2, 0) is 14.3 Å². The lowest BCUT2D eigenvalue weighted by molar-refractivity contribution is -0.129. The van der Waals surface area contributed by atoms with Crippen LogP contribution in [0.25, 0.3) is 0 Å². The normalized spacial score (nSPS) is 15.1. The minimum absolute atomic E-state index is 0.0115. The van der Waals surface area contributed by atoms with Crippen LogP contribution in [0.1, 0.15) is 13.3 Å². The molecule has 24 heavy (non-hydrogen) atoms. The molecule has 0 aromatic heterocycles. The van der Waals surface area contributed by atoms with Gasteiger partial charge in [0.25, 0.3) is 0 Å². The lowest BCUT2D eigenvalue weighted by Gasteiger charge is -2.29. The Kier molecular flexibility index (Phi) is 7.49. The van der Waals surface area contributed by atoms with E-state index in [4.69, 9.17) is 16.3 Å². The predicted molar refractivity (Wildman–Crippen MR) is 94.2 cm³/mol. The van der Waals surface area contributed by atoms with Crippen LogP contribution in [0, 0.1) is 0 Å². The maximum absolute atomic E-state index is 12.0. The number of benzene rings is 1. The van der Waals surface area contributed by atoms with Gasteiger partial charge in [-0.25, -0.2) is 0 Å². The Morgan fingerprint density at radius 3 is 2.50 bits per heavy atom. The largest absolute Gasteiger partial charge is 0.379 e. The SMILES string of the molecule is CC(=O)N(CCC(=O)Nc1ccc(Cl)cc1)CCN1CCOCC1. The molecule has 0 atom stereocenters. The van der Waals surface area contributed by atoms with E-state index in [2.05, 4.69) is 10.2 Å². The smallest absolute Gasteiger partial charge is 0.226 e. The van der Waals surface area contributed by atoms with Crippen LogP contribution in [0.2, 0.25) is 5.02 Å². The number of halogens is 1. The maximum atomic E-state index is 12.0. The zero-order chi connectivity index (χ0) is 17.4. The molecular weight excluding hydrogens is 330 g/mol. The number of hydrogen-bond acceptors (Lipinski definition) is 4. The summed E-state index contributed by atoms with van der Waals surface area (Å²) < 4.78 is 5.31. The first-order valence-corrected chi connectivity index (χ1v) is 8.53. The molecule has 132 valence electrons. The van der Waals surface area contributed by atoms with Crippen molar-refractivity contribution in [3.8, 4) is 0 Å². The van der Waals surface area contributed by atoms with Crippen LogP contribution in [0.4, 0.5) is 5.69 Å². The summed E-state index contributed by atoms with van der Waals surface area (Å²) in [7, 11) is 0. The second kappa shape index (κ2) is 9.61. The number of hydrogen-bond donors (Lipinski definition) is 1. The summed E-state index contributed by atoms with van der Waals surface area (Å²) in [6.45, 7) is 6.65. The monoisotopic (exact) mass is 353 g/mol. The summed E-state index contributed by atoms with van der Waals surface area (Å²) in [6, 6.07) is 6.95. The van der Waals surface area contributed by atoms with Gasteiger partial charge in [-0.3, -0.25) is 14.5 Å². The molecule has 6 nitrogen and oxygen atoms in total. The summed E-state index contributed by atoms with van der Waals surface area (Å²) in [4.78, 5) is 27.8.